The molecule has 1 N–H and O–H groups in total. The number of aryl methyl sites for hydroxylation is 1. The van der Waals surface area contributed by atoms with E-state index in [-0.39, 0.29) is 23.4 Å². The zero-order valence-corrected chi connectivity index (χ0v) is 14.9. The lowest BCUT2D eigenvalue weighted by atomic mass is 10.2. The molecule has 1 aliphatic rings. The summed E-state index contributed by atoms with van der Waals surface area (Å²) in [5, 5.41) is 1.73. The lowest BCUT2D eigenvalue weighted by Crippen LogP contribution is -2.47. The van der Waals surface area contributed by atoms with Crippen molar-refractivity contribution in [1.29, 1.82) is 0 Å². The highest BCUT2D eigenvalue weighted by molar-refractivity contribution is 7.89. The summed E-state index contributed by atoms with van der Waals surface area (Å²) in [6.07, 6.45) is -4.13. The molecule has 2 heterocycles. The fourth-order valence-electron chi connectivity index (χ4n) is 3.01. The minimum atomic E-state index is -4.59. The monoisotopic (exact) mass is 407 g/mol. The van der Waals surface area contributed by atoms with E-state index in [1.165, 1.54) is 23.7 Å². The molecule has 0 unspecified atom stereocenters. The number of oxazole rings is 1. The van der Waals surface area contributed by atoms with Crippen molar-refractivity contribution in [3.63, 3.8) is 0 Å². The molecule has 12 heteroatoms. The van der Waals surface area contributed by atoms with Gasteiger partial charge in [0, 0.05) is 19.7 Å². The Balaban J connectivity index is 1.89. The standard InChI is InChI=1S/C15H16F3N3O5S/c1-20-10-5-4-9(7-12(10)26-14(20)23)27(24,25)21-6-2-3-11(21)13(22)19-8-15(16,17)18/h4-5,7,11H,2-3,6,8H2,1H3,(H,19,22)/t11-/m1/s1. The molecule has 1 fully saturated rings. The van der Waals surface area contributed by atoms with Gasteiger partial charge in [0.05, 0.1) is 10.4 Å². The molecule has 0 aliphatic carbocycles. The van der Waals surface area contributed by atoms with E-state index in [4.69, 9.17) is 4.42 Å². The zero-order chi connectivity index (χ0) is 20.0. The Hall–Kier alpha value is -2.34. The molecule has 1 saturated heterocycles. The first-order valence-electron chi connectivity index (χ1n) is 7.96. The molecule has 1 amide bonds. The topological polar surface area (TPSA) is 102 Å². The summed E-state index contributed by atoms with van der Waals surface area (Å²) in [6, 6.07) is 2.59. The van der Waals surface area contributed by atoms with Crippen molar-refractivity contribution in [3.8, 4) is 0 Å². The minimum absolute atomic E-state index is 0.00319. The molecule has 1 atom stereocenters. The third-order valence-electron chi connectivity index (χ3n) is 4.34. The smallest absolute Gasteiger partial charge is 0.408 e. The number of nitrogens with one attached hydrogen (secondary N) is 1. The molecule has 1 aliphatic heterocycles. The summed E-state index contributed by atoms with van der Waals surface area (Å²) in [7, 11) is -2.70. The zero-order valence-electron chi connectivity index (χ0n) is 14.1. The average molecular weight is 407 g/mol. The maximum absolute atomic E-state index is 12.9. The number of hydrogen-bond donors (Lipinski definition) is 1. The van der Waals surface area contributed by atoms with Crippen LogP contribution in [0.2, 0.25) is 0 Å². The van der Waals surface area contributed by atoms with Crippen molar-refractivity contribution < 1.29 is 30.8 Å². The van der Waals surface area contributed by atoms with Crippen LogP contribution in [-0.4, -0.2) is 48.5 Å². The van der Waals surface area contributed by atoms with E-state index in [0.29, 0.717) is 11.9 Å². The second-order valence-corrected chi connectivity index (χ2v) is 8.05. The molecule has 0 saturated carbocycles. The van der Waals surface area contributed by atoms with E-state index in [2.05, 4.69) is 0 Å². The Morgan fingerprint density at radius 2 is 2.07 bits per heavy atom. The number of hydrogen-bond acceptors (Lipinski definition) is 5. The first-order valence-corrected chi connectivity index (χ1v) is 9.40. The molecule has 27 heavy (non-hydrogen) atoms. The average Bonchev–Trinajstić information content (AvgIpc) is 3.18. The Labute approximate surface area is 151 Å². The van der Waals surface area contributed by atoms with Gasteiger partial charge in [0.25, 0.3) is 0 Å². The Morgan fingerprint density at radius 1 is 1.37 bits per heavy atom. The van der Waals surface area contributed by atoms with Gasteiger partial charge >= 0.3 is 11.9 Å². The first-order chi connectivity index (χ1) is 12.5. The Kier molecular flexibility index (Phi) is 4.80. The normalized spacial score (nSPS) is 18.9. The number of fused-ring (bicyclic) bond motifs is 1. The molecule has 8 nitrogen and oxygen atoms in total. The lowest BCUT2D eigenvalue weighted by Gasteiger charge is -2.23. The van der Waals surface area contributed by atoms with Gasteiger partial charge in [-0.2, -0.15) is 17.5 Å². The summed E-state index contributed by atoms with van der Waals surface area (Å²) in [5.41, 5.74) is 0.445. The summed E-state index contributed by atoms with van der Waals surface area (Å²) >= 11 is 0. The van der Waals surface area contributed by atoms with Gasteiger partial charge in [-0.1, -0.05) is 0 Å². The van der Waals surface area contributed by atoms with Gasteiger partial charge in [0.15, 0.2) is 5.58 Å². The van der Waals surface area contributed by atoms with Gasteiger partial charge in [-0.3, -0.25) is 9.36 Å². The van der Waals surface area contributed by atoms with Gasteiger partial charge in [0.1, 0.15) is 12.6 Å². The molecule has 3 rings (SSSR count). The quantitative estimate of drug-likeness (QED) is 0.814. The second kappa shape index (κ2) is 6.68. The van der Waals surface area contributed by atoms with E-state index in [1.54, 1.807) is 5.32 Å². The fourth-order valence-corrected chi connectivity index (χ4v) is 4.68. The third kappa shape index (κ3) is 3.72. The molecule has 0 spiro atoms. The first kappa shape index (κ1) is 19.4. The fraction of sp³-hybridized carbons (Fsp3) is 0.467. The maximum atomic E-state index is 12.9. The Bertz CT molecular complexity index is 1040. The number of sulfonamides is 1. The highest BCUT2D eigenvalue weighted by Crippen LogP contribution is 2.28. The number of carbonyl (C=O) groups excluding carboxylic acids is 1. The van der Waals surface area contributed by atoms with Gasteiger partial charge < -0.3 is 9.73 Å². The van der Waals surface area contributed by atoms with Crippen LogP contribution in [0.25, 0.3) is 11.1 Å². The number of aromatic nitrogens is 1. The summed E-state index contributed by atoms with van der Waals surface area (Å²) in [5.74, 6) is -1.66. The van der Waals surface area contributed by atoms with Gasteiger partial charge in [0.2, 0.25) is 15.9 Å². The van der Waals surface area contributed by atoms with Crippen LogP contribution in [0.1, 0.15) is 12.8 Å². The predicted molar refractivity (Wildman–Crippen MR) is 87.4 cm³/mol. The third-order valence-corrected chi connectivity index (χ3v) is 6.24. The summed E-state index contributed by atoms with van der Waals surface area (Å²) in [4.78, 5) is 23.4. The molecule has 1 aromatic carbocycles. The maximum Gasteiger partial charge on any atom is 0.419 e. The number of amides is 1. The van der Waals surface area contributed by atoms with Crippen molar-refractivity contribution in [2.24, 2.45) is 7.05 Å². The van der Waals surface area contributed by atoms with E-state index < -0.39 is 40.4 Å². The van der Waals surface area contributed by atoms with Crippen molar-refractivity contribution in [2.45, 2.75) is 30.0 Å². The molecule has 1 aromatic heterocycles. The number of rotatable bonds is 4. The van der Waals surface area contributed by atoms with Crippen LogP contribution in [0.5, 0.6) is 0 Å². The lowest BCUT2D eigenvalue weighted by molar-refractivity contribution is -0.140. The van der Waals surface area contributed by atoms with Gasteiger partial charge in [-0.15, -0.1) is 0 Å². The molecular formula is C15H16F3N3O5S. The summed E-state index contributed by atoms with van der Waals surface area (Å²) < 4.78 is 69.7. The van der Waals surface area contributed by atoms with Crippen molar-refractivity contribution in [2.75, 3.05) is 13.1 Å². The second-order valence-electron chi connectivity index (χ2n) is 6.16. The SMILES string of the molecule is Cn1c(=O)oc2cc(S(=O)(=O)N3CCC[C@@H]3C(=O)NCC(F)(F)F)ccc21. The summed E-state index contributed by atoms with van der Waals surface area (Å²) in [6.45, 7) is -1.53. The van der Waals surface area contributed by atoms with Gasteiger partial charge in [-0.05, 0) is 25.0 Å². The van der Waals surface area contributed by atoms with Crippen molar-refractivity contribution in [1.82, 2.24) is 14.2 Å². The van der Waals surface area contributed by atoms with Crippen LogP contribution in [0.4, 0.5) is 13.2 Å². The van der Waals surface area contributed by atoms with Crippen LogP contribution in [-0.2, 0) is 21.9 Å². The molecular weight excluding hydrogens is 391 g/mol. The van der Waals surface area contributed by atoms with Crippen LogP contribution in [0.15, 0.2) is 32.3 Å². The van der Waals surface area contributed by atoms with E-state index >= 15 is 0 Å². The van der Waals surface area contributed by atoms with Gasteiger partial charge in [-0.25, -0.2) is 13.2 Å². The van der Waals surface area contributed by atoms with Crippen LogP contribution >= 0.6 is 0 Å². The van der Waals surface area contributed by atoms with Crippen molar-refractivity contribution >= 4 is 27.0 Å². The van der Waals surface area contributed by atoms with Crippen LogP contribution in [0.3, 0.4) is 0 Å². The highest BCUT2D eigenvalue weighted by Gasteiger charge is 2.40. The van der Waals surface area contributed by atoms with E-state index in [1.807, 2.05) is 0 Å². The van der Waals surface area contributed by atoms with E-state index in [9.17, 15) is 31.2 Å². The molecule has 2 aromatic rings. The number of benzene rings is 1. The number of carbonyl (C=O) groups is 1. The predicted octanol–water partition coefficient (Wildman–Crippen LogP) is 0.963. The molecule has 0 bridgehead atoms. The largest absolute Gasteiger partial charge is 0.419 e. The van der Waals surface area contributed by atoms with E-state index in [0.717, 1.165) is 10.4 Å². The Morgan fingerprint density at radius 3 is 2.74 bits per heavy atom. The highest BCUT2D eigenvalue weighted by atomic mass is 32.2. The molecule has 148 valence electrons. The molecule has 0 radical (unpaired) electrons. The minimum Gasteiger partial charge on any atom is -0.408 e. The van der Waals surface area contributed by atoms with Crippen molar-refractivity contribution in [3.05, 3.63) is 28.7 Å². The van der Waals surface area contributed by atoms with Crippen LogP contribution < -0.4 is 11.1 Å². The number of nitrogens with zero attached hydrogens (tertiary/aromatic N) is 2. The van der Waals surface area contributed by atoms with Crippen LogP contribution in [0, 0.1) is 0 Å². The number of alkyl halides is 3. The number of halogens is 3.